The topological polar surface area (TPSA) is 80.7 Å². The molecule has 1 aromatic heterocycles. The van der Waals surface area contributed by atoms with Crippen LogP contribution < -0.4 is 5.01 Å². The summed E-state index contributed by atoms with van der Waals surface area (Å²) in [6.07, 6.45) is -2.15. The molecule has 0 saturated heterocycles. The first kappa shape index (κ1) is 20.1. The summed E-state index contributed by atoms with van der Waals surface area (Å²) in [4.78, 5) is 23.1. The minimum atomic E-state index is -4.84. The van der Waals surface area contributed by atoms with Gasteiger partial charge in [0.25, 0.3) is 11.6 Å². The quantitative estimate of drug-likeness (QED) is 0.344. The van der Waals surface area contributed by atoms with Crippen LogP contribution in [0.15, 0.2) is 83.6 Å². The van der Waals surface area contributed by atoms with Gasteiger partial charge in [-0.05, 0) is 42.5 Å². The maximum absolute atomic E-state index is 13.6. The number of hydrogen-bond acceptors (Lipinski definition) is 4. The summed E-state index contributed by atoms with van der Waals surface area (Å²) in [6.45, 7) is 0. The number of carbonyl (C=O) groups is 1. The zero-order valence-electron chi connectivity index (χ0n) is 15.7. The zero-order valence-corrected chi connectivity index (χ0v) is 15.7. The summed E-state index contributed by atoms with van der Waals surface area (Å²) in [6, 6.07) is 16.4. The van der Waals surface area contributed by atoms with E-state index >= 15 is 0 Å². The van der Waals surface area contributed by atoms with Crippen molar-refractivity contribution in [3.8, 4) is 5.69 Å². The number of nitro benzene ring substituents is 1. The molecule has 3 aromatic rings. The molecule has 31 heavy (non-hydrogen) atoms. The van der Waals surface area contributed by atoms with E-state index in [1.807, 2.05) is 0 Å². The summed E-state index contributed by atoms with van der Waals surface area (Å²) >= 11 is 0. The predicted molar refractivity (Wildman–Crippen MR) is 108 cm³/mol. The van der Waals surface area contributed by atoms with Crippen molar-refractivity contribution in [2.75, 3.05) is 5.01 Å². The molecule has 1 aliphatic heterocycles. The number of rotatable bonds is 4. The van der Waals surface area contributed by atoms with Crippen LogP contribution in [0, 0.1) is 10.1 Å². The summed E-state index contributed by atoms with van der Waals surface area (Å²) in [5.41, 5.74) is -1.03. The Kier molecular flexibility index (Phi) is 4.90. The molecule has 0 atom stereocenters. The molecule has 0 fully saturated rings. The highest BCUT2D eigenvalue weighted by atomic mass is 19.4. The molecule has 156 valence electrons. The third kappa shape index (κ3) is 3.82. The van der Waals surface area contributed by atoms with E-state index in [1.165, 1.54) is 47.0 Å². The molecule has 0 N–H and O–H groups in total. The molecule has 0 bridgehead atoms. The number of aromatic nitrogens is 1. The van der Waals surface area contributed by atoms with Crippen molar-refractivity contribution in [3.63, 3.8) is 0 Å². The van der Waals surface area contributed by atoms with Crippen LogP contribution in [-0.2, 0) is 4.79 Å². The van der Waals surface area contributed by atoms with E-state index in [1.54, 1.807) is 30.5 Å². The molecular formula is C21H13F3N4O3. The number of anilines is 1. The van der Waals surface area contributed by atoms with Crippen LogP contribution in [0.2, 0.25) is 0 Å². The van der Waals surface area contributed by atoms with Crippen molar-refractivity contribution in [1.29, 1.82) is 0 Å². The molecule has 0 aliphatic carbocycles. The number of hydrazone groups is 1. The number of benzene rings is 2. The van der Waals surface area contributed by atoms with E-state index in [-0.39, 0.29) is 17.1 Å². The Morgan fingerprint density at radius 1 is 0.935 bits per heavy atom. The number of nitrogens with zero attached hydrogens (tertiary/aromatic N) is 4. The number of hydrogen-bond donors (Lipinski definition) is 0. The molecule has 1 amide bonds. The Morgan fingerprint density at radius 3 is 2.23 bits per heavy atom. The second-order valence-electron chi connectivity index (χ2n) is 6.53. The van der Waals surface area contributed by atoms with Crippen molar-refractivity contribution in [2.45, 2.75) is 6.18 Å². The molecule has 1 aliphatic rings. The van der Waals surface area contributed by atoms with Gasteiger partial charge in [-0.3, -0.25) is 14.9 Å². The van der Waals surface area contributed by atoms with E-state index in [0.29, 0.717) is 10.7 Å². The second-order valence-corrected chi connectivity index (χ2v) is 6.53. The predicted octanol–water partition coefficient (Wildman–Crippen LogP) is 4.73. The summed E-state index contributed by atoms with van der Waals surface area (Å²) in [7, 11) is 0. The Hall–Kier alpha value is -4.21. The van der Waals surface area contributed by atoms with Crippen LogP contribution >= 0.6 is 0 Å². The largest absolute Gasteiger partial charge is 0.435 e. The second kappa shape index (κ2) is 7.56. The summed E-state index contributed by atoms with van der Waals surface area (Å²) in [5.74, 6) is -0.907. The Balaban J connectivity index is 1.76. The number of alkyl halides is 3. The van der Waals surface area contributed by atoms with Gasteiger partial charge in [-0.1, -0.05) is 18.2 Å². The number of non-ortho nitro benzene ring substituents is 1. The van der Waals surface area contributed by atoms with E-state index in [2.05, 4.69) is 5.10 Å². The van der Waals surface area contributed by atoms with Gasteiger partial charge < -0.3 is 4.57 Å². The SMILES string of the molecule is O=C1/C(=C\c2cccn2-c2ccc([N+](=O)[O-])cc2)C(C(F)(F)F)=NN1c1ccccc1. The van der Waals surface area contributed by atoms with Crippen LogP contribution in [0.3, 0.4) is 0 Å². The average molecular weight is 426 g/mol. The number of para-hydroxylation sites is 1. The Morgan fingerprint density at radius 2 is 1.61 bits per heavy atom. The fourth-order valence-corrected chi connectivity index (χ4v) is 3.13. The van der Waals surface area contributed by atoms with Crippen LogP contribution in [0.25, 0.3) is 11.8 Å². The van der Waals surface area contributed by atoms with Gasteiger partial charge in [0.15, 0.2) is 5.71 Å². The highest BCUT2D eigenvalue weighted by molar-refractivity contribution is 6.34. The molecule has 0 saturated carbocycles. The third-order valence-electron chi connectivity index (χ3n) is 4.56. The van der Waals surface area contributed by atoms with E-state index < -0.39 is 28.3 Å². The highest BCUT2D eigenvalue weighted by Crippen LogP contribution is 2.33. The maximum Gasteiger partial charge on any atom is 0.435 e. The normalized spacial score (nSPS) is 15.5. The lowest BCUT2D eigenvalue weighted by atomic mass is 10.1. The van der Waals surface area contributed by atoms with Crippen molar-refractivity contribution in [3.05, 3.63) is 94.3 Å². The lowest BCUT2D eigenvalue weighted by Gasteiger charge is -2.11. The van der Waals surface area contributed by atoms with Gasteiger partial charge >= 0.3 is 6.18 Å². The molecule has 10 heteroatoms. The van der Waals surface area contributed by atoms with Crippen molar-refractivity contribution >= 4 is 29.1 Å². The van der Waals surface area contributed by atoms with E-state index in [9.17, 15) is 28.1 Å². The first-order chi connectivity index (χ1) is 14.8. The molecule has 2 aromatic carbocycles. The summed E-state index contributed by atoms with van der Waals surface area (Å²) < 4.78 is 42.4. The molecule has 4 rings (SSSR count). The van der Waals surface area contributed by atoms with Crippen molar-refractivity contribution in [2.24, 2.45) is 5.10 Å². The molecule has 0 spiro atoms. The summed E-state index contributed by atoms with van der Waals surface area (Å²) in [5, 5.41) is 15.1. The first-order valence-electron chi connectivity index (χ1n) is 8.95. The maximum atomic E-state index is 13.6. The van der Waals surface area contributed by atoms with E-state index in [4.69, 9.17) is 0 Å². The fourth-order valence-electron chi connectivity index (χ4n) is 3.13. The molecule has 7 nitrogen and oxygen atoms in total. The standard InChI is InChI=1S/C21H13F3N4O3/c22-21(23,24)19-18(20(29)27(25-19)15-5-2-1-3-6-15)13-17-7-4-12-26(17)14-8-10-16(11-9-14)28(30)31/h1-13H/b18-13-. The smallest absolute Gasteiger partial charge is 0.317 e. The van der Waals surface area contributed by atoms with Crippen LogP contribution in [0.5, 0.6) is 0 Å². The van der Waals surface area contributed by atoms with Gasteiger partial charge in [0.1, 0.15) is 0 Å². The van der Waals surface area contributed by atoms with Crippen molar-refractivity contribution < 1.29 is 22.9 Å². The monoisotopic (exact) mass is 426 g/mol. The van der Waals surface area contributed by atoms with Gasteiger partial charge in [0.05, 0.1) is 16.2 Å². The highest BCUT2D eigenvalue weighted by Gasteiger charge is 2.46. The van der Waals surface area contributed by atoms with Gasteiger partial charge in [-0.15, -0.1) is 0 Å². The number of amides is 1. The minimum absolute atomic E-state index is 0.119. The molecule has 0 unspecified atom stereocenters. The van der Waals surface area contributed by atoms with Crippen LogP contribution in [0.1, 0.15) is 5.69 Å². The number of nitro groups is 1. The van der Waals surface area contributed by atoms with Crippen LogP contribution in [0.4, 0.5) is 24.5 Å². The van der Waals surface area contributed by atoms with Gasteiger partial charge in [0, 0.05) is 29.7 Å². The Bertz CT molecular complexity index is 1210. The third-order valence-corrected chi connectivity index (χ3v) is 4.56. The minimum Gasteiger partial charge on any atom is -0.317 e. The average Bonchev–Trinajstić information content (AvgIpc) is 3.34. The van der Waals surface area contributed by atoms with E-state index in [0.717, 1.165) is 6.08 Å². The lowest BCUT2D eigenvalue weighted by Crippen LogP contribution is -2.25. The van der Waals surface area contributed by atoms with Crippen molar-refractivity contribution in [1.82, 2.24) is 4.57 Å². The van der Waals surface area contributed by atoms with Gasteiger partial charge in [-0.25, -0.2) is 0 Å². The van der Waals surface area contributed by atoms with Crippen LogP contribution in [-0.4, -0.2) is 27.3 Å². The first-order valence-corrected chi connectivity index (χ1v) is 8.95. The van der Waals surface area contributed by atoms with Gasteiger partial charge in [0.2, 0.25) is 0 Å². The van der Waals surface area contributed by atoms with Gasteiger partial charge in [-0.2, -0.15) is 23.3 Å². The molecular weight excluding hydrogens is 413 g/mol. The zero-order chi connectivity index (χ0) is 22.2. The molecule has 0 radical (unpaired) electrons. The lowest BCUT2D eigenvalue weighted by molar-refractivity contribution is -0.384. The fraction of sp³-hybridized carbons (Fsp3) is 0.0476. The number of carbonyl (C=O) groups excluding carboxylic acids is 1. The Labute approximate surface area is 173 Å². The number of halogens is 3. The molecule has 2 heterocycles.